The van der Waals surface area contributed by atoms with E-state index in [0.29, 0.717) is 0 Å². The lowest BCUT2D eigenvalue weighted by Crippen LogP contribution is -1.87. The van der Waals surface area contributed by atoms with Crippen molar-refractivity contribution in [2.45, 2.75) is 64.7 Å². The molecule has 2 aromatic carbocycles. The summed E-state index contributed by atoms with van der Waals surface area (Å²) in [5.74, 6) is -0.925. The minimum atomic E-state index is -0.925. The molecule has 2 heteroatoms. The van der Waals surface area contributed by atoms with Crippen LogP contribution < -0.4 is 0 Å². The van der Waals surface area contributed by atoms with Crippen molar-refractivity contribution in [2.24, 2.45) is 0 Å². The van der Waals surface area contributed by atoms with Crippen LogP contribution in [0.4, 0.5) is 0 Å². The maximum absolute atomic E-state index is 10.6. The molecule has 0 bridgehead atoms. The van der Waals surface area contributed by atoms with Gasteiger partial charge in [0.15, 0.2) is 0 Å². The molecule has 2 nitrogen and oxygen atoms in total. The second-order valence-corrected chi connectivity index (χ2v) is 7.22. The van der Waals surface area contributed by atoms with Gasteiger partial charge in [0.05, 0.1) is 0 Å². The van der Waals surface area contributed by atoms with E-state index in [1.807, 2.05) is 24.3 Å². The van der Waals surface area contributed by atoms with Crippen LogP contribution in [-0.4, -0.2) is 11.1 Å². The topological polar surface area (TPSA) is 37.3 Å². The van der Waals surface area contributed by atoms with Gasteiger partial charge in [-0.25, -0.2) is 4.79 Å². The molecule has 0 aliphatic rings. The Bertz CT molecular complexity index is 696. The highest BCUT2D eigenvalue weighted by atomic mass is 16.4. The zero-order valence-corrected chi connectivity index (χ0v) is 16.5. The van der Waals surface area contributed by atoms with Gasteiger partial charge in [-0.2, -0.15) is 0 Å². The Kier molecular flexibility index (Phi) is 9.40. The van der Waals surface area contributed by atoms with E-state index in [4.69, 9.17) is 5.11 Å². The summed E-state index contributed by atoms with van der Waals surface area (Å²) in [5, 5.41) is 8.68. The molecule has 27 heavy (non-hydrogen) atoms. The maximum Gasteiger partial charge on any atom is 0.328 e. The SMILES string of the molecule is CCCCCCCCCCc1ccc(-c2ccc(C=CC(=O)O)cc2)cc1. The first kappa shape index (κ1) is 21.0. The second kappa shape index (κ2) is 12.1. The average molecular weight is 365 g/mol. The van der Waals surface area contributed by atoms with E-state index in [0.717, 1.165) is 23.6 Å². The third-order valence-corrected chi connectivity index (χ3v) is 4.94. The first-order chi connectivity index (χ1) is 13.2. The van der Waals surface area contributed by atoms with Gasteiger partial charge in [0.25, 0.3) is 0 Å². The summed E-state index contributed by atoms with van der Waals surface area (Å²) in [4.78, 5) is 10.6. The average Bonchev–Trinajstić information content (AvgIpc) is 2.69. The Morgan fingerprint density at radius 3 is 1.85 bits per heavy atom. The number of aryl methyl sites for hydroxylation is 1. The van der Waals surface area contributed by atoms with Crippen LogP contribution in [0, 0.1) is 0 Å². The van der Waals surface area contributed by atoms with Crippen molar-refractivity contribution in [2.75, 3.05) is 0 Å². The number of benzene rings is 2. The number of carboxylic acid groups (broad SMARTS) is 1. The molecule has 0 heterocycles. The highest BCUT2D eigenvalue weighted by molar-refractivity contribution is 5.85. The van der Waals surface area contributed by atoms with Crippen molar-refractivity contribution < 1.29 is 9.90 Å². The van der Waals surface area contributed by atoms with Crippen LogP contribution in [-0.2, 0) is 11.2 Å². The molecule has 0 aliphatic heterocycles. The van der Waals surface area contributed by atoms with Crippen molar-refractivity contribution in [1.29, 1.82) is 0 Å². The second-order valence-electron chi connectivity index (χ2n) is 7.22. The van der Waals surface area contributed by atoms with Gasteiger partial charge in [-0.15, -0.1) is 0 Å². The van der Waals surface area contributed by atoms with Gasteiger partial charge >= 0.3 is 5.97 Å². The van der Waals surface area contributed by atoms with Gasteiger partial charge in [-0.1, -0.05) is 100 Å². The number of rotatable bonds is 12. The summed E-state index contributed by atoms with van der Waals surface area (Å²) in [6.07, 6.45) is 14.8. The molecule has 0 atom stereocenters. The van der Waals surface area contributed by atoms with E-state index in [2.05, 4.69) is 31.2 Å². The highest BCUT2D eigenvalue weighted by Crippen LogP contribution is 2.21. The molecule has 0 aliphatic carbocycles. The smallest absolute Gasteiger partial charge is 0.328 e. The molecule has 0 saturated carbocycles. The summed E-state index contributed by atoms with van der Waals surface area (Å²) < 4.78 is 0. The van der Waals surface area contributed by atoms with Gasteiger partial charge in [0.1, 0.15) is 0 Å². The third kappa shape index (κ3) is 8.25. The van der Waals surface area contributed by atoms with Crippen molar-refractivity contribution in [1.82, 2.24) is 0 Å². The molecule has 0 spiro atoms. The van der Waals surface area contributed by atoms with Gasteiger partial charge in [0, 0.05) is 6.08 Å². The third-order valence-electron chi connectivity index (χ3n) is 4.94. The summed E-state index contributed by atoms with van der Waals surface area (Å²) in [7, 11) is 0. The van der Waals surface area contributed by atoms with Crippen molar-refractivity contribution in [3.63, 3.8) is 0 Å². The van der Waals surface area contributed by atoms with Crippen LogP contribution in [0.5, 0.6) is 0 Å². The van der Waals surface area contributed by atoms with Gasteiger partial charge in [-0.05, 0) is 41.2 Å². The molecule has 0 unspecified atom stereocenters. The van der Waals surface area contributed by atoms with E-state index in [-0.39, 0.29) is 0 Å². The number of carbonyl (C=O) groups is 1. The molecular weight excluding hydrogens is 332 g/mol. The van der Waals surface area contributed by atoms with Crippen molar-refractivity contribution in [3.05, 3.63) is 65.7 Å². The Labute approximate surface area is 163 Å². The highest BCUT2D eigenvalue weighted by Gasteiger charge is 2.00. The standard InChI is InChI=1S/C25H32O2/c1-2-3-4-5-6-7-8-9-10-21-11-16-23(17-12-21)24-18-13-22(14-19-24)15-20-25(26)27/h11-20H,2-10H2,1H3,(H,26,27). The lowest BCUT2D eigenvalue weighted by Gasteiger charge is -2.06. The van der Waals surface area contributed by atoms with Gasteiger partial charge in [-0.3, -0.25) is 0 Å². The van der Waals surface area contributed by atoms with Gasteiger partial charge < -0.3 is 5.11 Å². The van der Waals surface area contributed by atoms with E-state index < -0.39 is 5.97 Å². The molecule has 1 N–H and O–H groups in total. The first-order valence-corrected chi connectivity index (χ1v) is 10.3. The zero-order chi connectivity index (χ0) is 19.3. The predicted octanol–water partition coefficient (Wildman–Crippen LogP) is 7.13. The molecular formula is C25H32O2. The Morgan fingerprint density at radius 2 is 1.30 bits per heavy atom. The molecule has 0 radical (unpaired) electrons. The van der Waals surface area contributed by atoms with Crippen molar-refractivity contribution in [3.8, 4) is 11.1 Å². The molecule has 0 fully saturated rings. The fourth-order valence-corrected chi connectivity index (χ4v) is 3.28. The monoisotopic (exact) mass is 364 g/mol. The summed E-state index contributed by atoms with van der Waals surface area (Å²) in [6, 6.07) is 16.8. The molecule has 0 saturated heterocycles. The zero-order valence-electron chi connectivity index (χ0n) is 16.5. The lowest BCUT2D eigenvalue weighted by molar-refractivity contribution is -0.131. The van der Waals surface area contributed by atoms with Gasteiger partial charge in [0.2, 0.25) is 0 Å². The Hall–Kier alpha value is -2.35. The number of hydrogen-bond acceptors (Lipinski definition) is 1. The van der Waals surface area contributed by atoms with Crippen LogP contribution in [0.15, 0.2) is 54.6 Å². The minimum Gasteiger partial charge on any atom is -0.478 e. The molecule has 2 aromatic rings. The van der Waals surface area contributed by atoms with E-state index in [1.165, 1.54) is 62.5 Å². The van der Waals surface area contributed by atoms with Crippen LogP contribution in [0.2, 0.25) is 0 Å². The van der Waals surface area contributed by atoms with E-state index in [1.54, 1.807) is 6.08 Å². The van der Waals surface area contributed by atoms with E-state index in [9.17, 15) is 4.79 Å². The number of aliphatic carboxylic acids is 1. The largest absolute Gasteiger partial charge is 0.478 e. The fourth-order valence-electron chi connectivity index (χ4n) is 3.28. The van der Waals surface area contributed by atoms with E-state index >= 15 is 0 Å². The normalized spacial score (nSPS) is 11.1. The molecule has 2 rings (SSSR count). The number of hydrogen-bond donors (Lipinski definition) is 1. The fraction of sp³-hybridized carbons (Fsp3) is 0.400. The lowest BCUT2D eigenvalue weighted by atomic mass is 10.00. The Balaban J connectivity index is 1.75. The van der Waals surface area contributed by atoms with Crippen LogP contribution in [0.25, 0.3) is 17.2 Å². The number of unbranched alkanes of at least 4 members (excludes halogenated alkanes) is 7. The quantitative estimate of drug-likeness (QED) is 0.321. The van der Waals surface area contributed by atoms with Crippen molar-refractivity contribution >= 4 is 12.0 Å². The maximum atomic E-state index is 10.6. The minimum absolute atomic E-state index is 0.896. The number of carboxylic acids is 1. The first-order valence-electron chi connectivity index (χ1n) is 10.3. The summed E-state index contributed by atoms with van der Waals surface area (Å²) in [5.41, 5.74) is 4.66. The van der Waals surface area contributed by atoms with Crippen LogP contribution in [0.1, 0.15) is 69.4 Å². The molecule has 0 aromatic heterocycles. The summed E-state index contributed by atoms with van der Waals surface area (Å²) >= 11 is 0. The van der Waals surface area contributed by atoms with Crippen LogP contribution >= 0.6 is 0 Å². The molecule has 144 valence electrons. The molecule has 0 amide bonds. The van der Waals surface area contributed by atoms with Crippen LogP contribution in [0.3, 0.4) is 0 Å². The predicted molar refractivity (Wildman–Crippen MR) is 115 cm³/mol. The Morgan fingerprint density at radius 1 is 0.778 bits per heavy atom. The summed E-state index contributed by atoms with van der Waals surface area (Å²) in [6.45, 7) is 2.26.